The van der Waals surface area contributed by atoms with Crippen LogP contribution in [0, 0.1) is 11.3 Å². The summed E-state index contributed by atoms with van der Waals surface area (Å²) in [6.07, 6.45) is 5.32. The highest BCUT2D eigenvalue weighted by atomic mass is 16.5. The Labute approximate surface area is 136 Å². The number of carbonyl (C=O) groups is 1. The number of piperidine rings is 1. The van der Waals surface area contributed by atoms with Crippen molar-refractivity contribution in [3.63, 3.8) is 0 Å². The maximum atomic E-state index is 12.1. The summed E-state index contributed by atoms with van der Waals surface area (Å²) < 4.78 is 4.89. The lowest BCUT2D eigenvalue weighted by atomic mass is 9.94. The van der Waals surface area contributed by atoms with Crippen LogP contribution in [-0.2, 0) is 10.2 Å². The SMILES string of the molecule is COC(=O)c1cc(NC2CCN(C)CC2)ncc1C1(C#N)CC1. The normalized spacial score (nSPS) is 20.6. The van der Waals surface area contributed by atoms with Crippen LogP contribution in [0.2, 0.25) is 0 Å². The molecule has 1 aliphatic carbocycles. The number of esters is 1. The summed E-state index contributed by atoms with van der Waals surface area (Å²) in [5.74, 6) is 0.271. The number of carbonyl (C=O) groups excluding carboxylic acids is 1. The molecule has 2 aliphatic rings. The van der Waals surface area contributed by atoms with Gasteiger partial charge in [0.1, 0.15) is 5.82 Å². The number of methoxy groups -OCH3 is 1. The third-order valence-electron chi connectivity index (χ3n) is 4.86. The molecular weight excluding hydrogens is 292 g/mol. The van der Waals surface area contributed by atoms with Gasteiger partial charge in [-0.15, -0.1) is 0 Å². The summed E-state index contributed by atoms with van der Waals surface area (Å²) in [5, 5.41) is 12.8. The van der Waals surface area contributed by atoms with E-state index in [9.17, 15) is 10.1 Å². The zero-order chi connectivity index (χ0) is 16.4. The first-order chi connectivity index (χ1) is 11.1. The fraction of sp³-hybridized carbons (Fsp3) is 0.588. The first-order valence-electron chi connectivity index (χ1n) is 8.03. The minimum Gasteiger partial charge on any atom is -0.465 e. The van der Waals surface area contributed by atoms with Gasteiger partial charge in [-0.2, -0.15) is 5.26 Å². The Bertz CT molecular complexity index is 640. The van der Waals surface area contributed by atoms with Crippen molar-refractivity contribution in [2.24, 2.45) is 0 Å². The summed E-state index contributed by atoms with van der Waals surface area (Å²) >= 11 is 0. The van der Waals surface area contributed by atoms with Crippen molar-refractivity contribution in [3.8, 4) is 6.07 Å². The molecule has 0 aromatic carbocycles. The monoisotopic (exact) mass is 314 g/mol. The fourth-order valence-electron chi connectivity index (χ4n) is 3.12. The highest BCUT2D eigenvalue weighted by Crippen LogP contribution is 2.48. The molecule has 0 atom stereocenters. The van der Waals surface area contributed by atoms with Gasteiger partial charge >= 0.3 is 5.97 Å². The smallest absolute Gasteiger partial charge is 0.338 e. The molecule has 1 aromatic rings. The van der Waals surface area contributed by atoms with Crippen LogP contribution >= 0.6 is 0 Å². The number of rotatable bonds is 4. The van der Waals surface area contributed by atoms with E-state index in [0.717, 1.165) is 38.8 Å². The van der Waals surface area contributed by atoms with E-state index in [1.807, 2.05) is 0 Å². The predicted octanol–water partition coefficient (Wildman–Crippen LogP) is 1.93. The van der Waals surface area contributed by atoms with E-state index >= 15 is 0 Å². The van der Waals surface area contributed by atoms with Gasteiger partial charge in [-0.3, -0.25) is 0 Å². The Morgan fingerprint density at radius 2 is 2.17 bits per heavy atom. The average molecular weight is 314 g/mol. The van der Waals surface area contributed by atoms with Gasteiger partial charge in [-0.05, 0) is 51.9 Å². The molecule has 0 spiro atoms. The van der Waals surface area contributed by atoms with Gasteiger partial charge in [0.25, 0.3) is 0 Å². The third kappa shape index (κ3) is 3.15. The average Bonchev–Trinajstić information content (AvgIpc) is 3.37. The van der Waals surface area contributed by atoms with Crippen LogP contribution < -0.4 is 5.32 Å². The molecule has 0 radical (unpaired) electrons. The van der Waals surface area contributed by atoms with Crippen molar-refractivity contribution in [2.75, 3.05) is 32.6 Å². The number of ether oxygens (including phenoxy) is 1. The molecule has 23 heavy (non-hydrogen) atoms. The minimum absolute atomic E-state index is 0.362. The first kappa shape index (κ1) is 15.8. The lowest BCUT2D eigenvalue weighted by molar-refractivity contribution is 0.0599. The van der Waals surface area contributed by atoms with E-state index in [-0.39, 0.29) is 0 Å². The molecule has 1 N–H and O–H groups in total. The van der Waals surface area contributed by atoms with Gasteiger partial charge in [-0.25, -0.2) is 9.78 Å². The second-order valence-corrected chi connectivity index (χ2v) is 6.52. The van der Waals surface area contributed by atoms with Crippen LogP contribution in [-0.4, -0.2) is 49.1 Å². The number of hydrogen-bond acceptors (Lipinski definition) is 6. The molecule has 1 saturated heterocycles. The third-order valence-corrected chi connectivity index (χ3v) is 4.86. The molecule has 1 aliphatic heterocycles. The summed E-state index contributed by atoms with van der Waals surface area (Å²) in [6.45, 7) is 2.11. The fourth-order valence-corrected chi connectivity index (χ4v) is 3.12. The number of likely N-dealkylation sites (tertiary alicyclic amines) is 1. The van der Waals surface area contributed by atoms with Crippen molar-refractivity contribution in [3.05, 3.63) is 23.4 Å². The molecule has 1 aromatic heterocycles. The van der Waals surface area contributed by atoms with Crippen LogP contribution in [0.4, 0.5) is 5.82 Å². The Hall–Kier alpha value is -2.13. The van der Waals surface area contributed by atoms with Gasteiger partial charge in [0.15, 0.2) is 0 Å². The lowest BCUT2D eigenvalue weighted by Crippen LogP contribution is -2.37. The largest absolute Gasteiger partial charge is 0.465 e. The molecule has 0 unspecified atom stereocenters. The zero-order valence-corrected chi connectivity index (χ0v) is 13.6. The van der Waals surface area contributed by atoms with E-state index in [4.69, 9.17) is 4.74 Å². The topological polar surface area (TPSA) is 78.2 Å². The summed E-state index contributed by atoms with van der Waals surface area (Å²) in [5.41, 5.74) is 0.598. The maximum Gasteiger partial charge on any atom is 0.338 e. The van der Waals surface area contributed by atoms with Crippen LogP contribution in [0.1, 0.15) is 41.6 Å². The molecule has 6 nitrogen and oxygen atoms in total. The lowest BCUT2D eigenvalue weighted by Gasteiger charge is -2.30. The Balaban J connectivity index is 1.83. The minimum atomic E-state index is -0.553. The van der Waals surface area contributed by atoms with Crippen LogP contribution in [0.5, 0.6) is 0 Å². The van der Waals surface area contributed by atoms with Gasteiger partial charge < -0.3 is 15.0 Å². The Kier molecular flexibility index (Phi) is 4.22. The van der Waals surface area contributed by atoms with Crippen molar-refractivity contribution >= 4 is 11.8 Å². The number of pyridine rings is 1. The van der Waals surface area contributed by atoms with Gasteiger partial charge in [0.05, 0.1) is 24.2 Å². The van der Waals surface area contributed by atoms with Gasteiger partial charge in [0.2, 0.25) is 0 Å². The zero-order valence-electron chi connectivity index (χ0n) is 13.6. The summed E-state index contributed by atoms with van der Waals surface area (Å²) in [4.78, 5) is 18.9. The number of aromatic nitrogens is 1. The van der Waals surface area contributed by atoms with Crippen LogP contribution in [0.3, 0.4) is 0 Å². The van der Waals surface area contributed by atoms with E-state index < -0.39 is 11.4 Å². The molecule has 122 valence electrons. The molecule has 2 heterocycles. The number of nitrogens with one attached hydrogen (secondary N) is 1. The van der Waals surface area contributed by atoms with Crippen LogP contribution in [0.15, 0.2) is 12.3 Å². The van der Waals surface area contributed by atoms with Crippen molar-refractivity contribution in [1.82, 2.24) is 9.88 Å². The first-order valence-corrected chi connectivity index (χ1v) is 8.03. The second kappa shape index (κ2) is 6.17. The molecule has 0 amide bonds. The van der Waals surface area contributed by atoms with Crippen molar-refractivity contribution in [1.29, 1.82) is 5.26 Å². The van der Waals surface area contributed by atoms with E-state index in [0.29, 0.717) is 23.0 Å². The molecule has 0 bridgehead atoms. The molecule has 1 saturated carbocycles. The van der Waals surface area contributed by atoms with Crippen molar-refractivity contribution in [2.45, 2.75) is 37.1 Å². The highest BCUT2D eigenvalue weighted by Gasteiger charge is 2.47. The van der Waals surface area contributed by atoms with Crippen molar-refractivity contribution < 1.29 is 9.53 Å². The molecule has 2 fully saturated rings. The quantitative estimate of drug-likeness (QED) is 0.856. The Morgan fingerprint density at radius 1 is 1.48 bits per heavy atom. The van der Waals surface area contributed by atoms with E-state index in [2.05, 4.69) is 28.3 Å². The van der Waals surface area contributed by atoms with Crippen LogP contribution in [0.25, 0.3) is 0 Å². The molecular formula is C17H22N4O2. The second-order valence-electron chi connectivity index (χ2n) is 6.52. The molecule has 6 heteroatoms. The maximum absolute atomic E-state index is 12.1. The molecule has 3 rings (SSSR count). The summed E-state index contributed by atoms with van der Waals surface area (Å²) in [7, 11) is 3.48. The number of anilines is 1. The highest BCUT2D eigenvalue weighted by molar-refractivity contribution is 5.92. The predicted molar refractivity (Wildman–Crippen MR) is 86.2 cm³/mol. The van der Waals surface area contributed by atoms with Gasteiger partial charge in [-0.1, -0.05) is 0 Å². The number of hydrogen-bond donors (Lipinski definition) is 1. The number of nitriles is 1. The van der Waals surface area contributed by atoms with E-state index in [1.54, 1.807) is 12.3 Å². The Morgan fingerprint density at radius 3 is 2.74 bits per heavy atom. The van der Waals surface area contributed by atoms with Gasteiger partial charge in [0, 0.05) is 17.8 Å². The summed E-state index contributed by atoms with van der Waals surface area (Å²) in [6, 6.07) is 4.42. The standard InChI is InChI=1S/C17H22N4O2/c1-21-7-3-12(4-8-21)20-15-9-13(16(22)23-2)14(10-19-15)17(11-18)5-6-17/h9-10,12H,3-8H2,1-2H3,(H,19,20). The van der Waals surface area contributed by atoms with E-state index in [1.165, 1.54) is 7.11 Å². The number of nitrogens with zero attached hydrogens (tertiary/aromatic N) is 3.